The van der Waals surface area contributed by atoms with Crippen LogP contribution in [0.1, 0.15) is 54.9 Å². The zero-order valence-corrected chi connectivity index (χ0v) is 23.1. The lowest BCUT2D eigenvalue weighted by Gasteiger charge is -2.18. The molecule has 194 valence electrons. The molecule has 0 fully saturated rings. The Labute approximate surface area is 230 Å². The first-order valence-electron chi connectivity index (χ1n) is 13.4. The largest absolute Gasteiger partial charge is 0.384 e. The monoisotopic (exact) mass is 523 g/mol. The molecular weight excluding hydrogens is 490 g/mol. The SMILES string of the molecule is CCCc1c(-c2ccc(C3=CCCN3)c(C)n2)cccc1-c1cccc(-c2cnc(CN)c(CC)n2)c1Cl. The van der Waals surface area contributed by atoms with E-state index in [9.17, 15) is 0 Å². The molecule has 0 saturated heterocycles. The summed E-state index contributed by atoms with van der Waals surface area (Å²) in [7, 11) is 0. The van der Waals surface area contributed by atoms with Crippen molar-refractivity contribution in [3.63, 3.8) is 0 Å². The fourth-order valence-electron chi connectivity index (χ4n) is 5.27. The van der Waals surface area contributed by atoms with Gasteiger partial charge in [0.1, 0.15) is 0 Å². The Hall–Kier alpha value is -3.54. The molecule has 5 rings (SSSR count). The van der Waals surface area contributed by atoms with Gasteiger partial charge in [0.15, 0.2) is 0 Å². The molecule has 0 radical (unpaired) electrons. The molecule has 1 aliphatic rings. The number of nitrogens with two attached hydrogens (primary N) is 1. The maximum absolute atomic E-state index is 7.11. The molecule has 0 amide bonds. The molecule has 0 spiro atoms. The van der Waals surface area contributed by atoms with Gasteiger partial charge in [0, 0.05) is 46.7 Å². The van der Waals surface area contributed by atoms with Gasteiger partial charge in [-0.15, -0.1) is 0 Å². The first kappa shape index (κ1) is 26.1. The average Bonchev–Trinajstić information content (AvgIpc) is 3.48. The van der Waals surface area contributed by atoms with E-state index in [-0.39, 0.29) is 0 Å². The molecular formula is C32H34ClN5. The van der Waals surface area contributed by atoms with E-state index in [4.69, 9.17) is 27.3 Å². The number of rotatable bonds is 8. The molecule has 1 aliphatic heterocycles. The molecule has 4 aromatic rings. The van der Waals surface area contributed by atoms with Crippen LogP contribution in [0, 0.1) is 6.92 Å². The standard InChI is InChI=1S/C32H34ClN5/c1-4-9-22-23(10-6-11-24(22)29-16-15-21(20(3)37-29)28-14-8-17-35-28)25-12-7-13-26(32(25)33)31-19-36-30(18-34)27(5-2)38-31/h6-7,10-16,19,35H,4-5,8-9,17-18,34H2,1-3H3. The summed E-state index contributed by atoms with van der Waals surface area (Å²) in [6.45, 7) is 7.73. The highest BCUT2D eigenvalue weighted by Crippen LogP contribution is 2.40. The summed E-state index contributed by atoms with van der Waals surface area (Å²) in [5.74, 6) is 0. The van der Waals surface area contributed by atoms with Crippen LogP contribution in [-0.4, -0.2) is 21.5 Å². The smallest absolute Gasteiger partial charge is 0.0903 e. The molecule has 5 nitrogen and oxygen atoms in total. The Balaban J connectivity index is 1.61. The summed E-state index contributed by atoms with van der Waals surface area (Å²) in [5, 5.41) is 4.14. The molecule has 0 bridgehead atoms. The number of benzene rings is 2. The summed E-state index contributed by atoms with van der Waals surface area (Å²) in [6.07, 6.45) is 7.79. The van der Waals surface area contributed by atoms with Crippen LogP contribution in [0.5, 0.6) is 0 Å². The highest BCUT2D eigenvalue weighted by Gasteiger charge is 2.19. The topological polar surface area (TPSA) is 76.7 Å². The number of nitrogens with zero attached hydrogens (tertiary/aromatic N) is 3. The molecule has 3 N–H and O–H groups in total. The van der Waals surface area contributed by atoms with Gasteiger partial charge in [-0.1, -0.05) is 74.3 Å². The molecule has 38 heavy (non-hydrogen) atoms. The maximum Gasteiger partial charge on any atom is 0.0903 e. The number of pyridine rings is 1. The van der Waals surface area contributed by atoms with Gasteiger partial charge in [-0.25, -0.2) is 4.98 Å². The Morgan fingerprint density at radius 1 is 0.868 bits per heavy atom. The van der Waals surface area contributed by atoms with Crippen molar-refractivity contribution < 1.29 is 0 Å². The van der Waals surface area contributed by atoms with Crippen molar-refractivity contribution in [1.29, 1.82) is 0 Å². The third-order valence-electron chi connectivity index (χ3n) is 7.16. The minimum absolute atomic E-state index is 0.375. The molecule has 2 aromatic heterocycles. The number of aromatic nitrogens is 3. The van der Waals surface area contributed by atoms with Crippen LogP contribution in [-0.2, 0) is 19.4 Å². The molecule has 6 heteroatoms. The van der Waals surface area contributed by atoms with Gasteiger partial charge in [-0.05, 0) is 49.4 Å². The third-order valence-corrected chi connectivity index (χ3v) is 7.57. The minimum Gasteiger partial charge on any atom is -0.384 e. The Morgan fingerprint density at radius 2 is 1.63 bits per heavy atom. The second kappa shape index (κ2) is 11.5. The average molecular weight is 524 g/mol. The zero-order valence-electron chi connectivity index (χ0n) is 22.3. The summed E-state index contributed by atoms with van der Waals surface area (Å²) in [6, 6.07) is 16.9. The van der Waals surface area contributed by atoms with E-state index in [1.165, 1.54) is 16.8 Å². The van der Waals surface area contributed by atoms with E-state index in [1.807, 2.05) is 12.1 Å². The van der Waals surface area contributed by atoms with Crippen LogP contribution < -0.4 is 11.1 Å². The molecule has 3 heterocycles. The Bertz CT molecular complexity index is 1510. The molecule has 2 aromatic carbocycles. The fourth-order valence-corrected chi connectivity index (χ4v) is 5.59. The maximum atomic E-state index is 7.11. The first-order chi connectivity index (χ1) is 18.5. The van der Waals surface area contributed by atoms with Crippen molar-refractivity contribution >= 4 is 17.3 Å². The molecule has 0 saturated carbocycles. The predicted octanol–water partition coefficient (Wildman–Crippen LogP) is 7.14. The van der Waals surface area contributed by atoms with Crippen LogP contribution >= 0.6 is 11.6 Å². The fraction of sp³-hybridized carbons (Fsp3) is 0.281. The summed E-state index contributed by atoms with van der Waals surface area (Å²) in [5.41, 5.74) is 18.1. The summed E-state index contributed by atoms with van der Waals surface area (Å²) < 4.78 is 0. The summed E-state index contributed by atoms with van der Waals surface area (Å²) in [4.78, 5) is 14.5. The Kier molecular flexibility index (Phi) is 7.87. The lowest BCUT2D eigenvalue weighted by Crippen LogP contribution is -2.08. The Morgan fingerprint density at radius 3 is 2.32 bits per heavy atom. The lowest BCUT2D eigenvalue weighted by molar-refractivity contribution is 0.888. The highest BCUT2D eigenvalue weighted by molar-refractivity contribution is 6.36. The van der Waals surface area contributed by atoms with Crippen LogP contribution in [0.15, 0.2) is 60.8 Å². The van der Waals surface area contributed by atoms with Gasteiger partial charge in [0.2, 0.25) is 0 Å². The van der Waals surface area contributed by atoms with E-state index >= 15 is 0 Å². The minimum atomic E-state index is 0.375. The second-order valence-corrected chi connectivity index (χ2v) is 10.00. The van der Waals surface area contributed by atoms with E-state index in [1.54, 1.807) is 6.20 Å². The number of hydrogen-bond donors (Lipinski definition) is 2. The predicted molar refractivity (Wildman–Crippen MR) is 158 cm³/mol. The van der Waals surface area contributed by atoms with Gasteiger partial charge < -0.3 is 11.1 Å². The van der Waals surface area contributed by atoms with Gasteiger partial charge in [0.25, 0.3) is 0 Å². The third kappa shape index (κ3) is 4.96. The van der Waals surface area contributed by atoms with Crippen molar-refractivity contribution in [3.05, 3.63) is 94.0 Å². The number of aryl methyl sites for hydroxylation is 2. The van der Waals surface area contributed by atoms with Gasteiger partial charge in [0.05, 0.1) is 34.0 Å². The second-order valence-electron chi connectivity index (χ2n) is 9.62. The van der Waals surface area contributed by atoms with Crippen LogP contribution in [0.3, 0.4) is 0 Å². The molecule has 0 unspecified atom stereocenters. The van der Waals surface area contributed by atoms with Crippen molar-refractivity contribution in [2.75, 3.05) is 6.54 Å². The lowest BCUT2D eigenvalue weighted by atomic mass is 9.90. The van der Waals surface area contributed by atoms with E-state index in [0.717, 1.165) is 83.0 Å². The van der Waals surface area contributed by atoms with Crippen LogP contribution in [0.4, 0.5) is 0 Å². The van der Waals surface area contributed by atoms with Crippen molar-refractivity contribution in [2.24, 2.45) is 5.73 Å². The van der Waals surface area contributed by atoms with E-state index in [2.05, 4.69) is 73.5 Å². The number of halogens is 1. The number of nitrogens with one attached hydrogen (secondary N) is 1. The highest BCUT2D eigenvalue weighted by atomic mass is 35.5. The van der Waals surface area contributed by atoms with Crippen molar-refractivity contribution in [3.8, 4) is 33.6 Å². The van der Waals surface area contributed by atoms with E-state index in [0.29, 0.717) is 11.6 Å². The van der Waals surface area contributed by atoms with Gasteiger partial charge in [-0.2, -0.15) is 0 Å². The van der Waals surface area contributed by atoms with Crippen LogP contribution in [0.25, 0.3) is 39.3 Å². The van der Waals surface area contributed by atoms with Crippen molar-refractivity contribution in [2.45, 2.75) is 53.0 Å². The quantitative estimate of drug-likeness (QED) is 0.256. The summed E-state index contributed by atoms with van der Waals surface area (Å²) >= 11 is 7.11. The normalized spacial score (nSPS) is 12.9. The van der Waals surface area contributed by atoms with Gasteiger partial charge >= 0.3 is 0 Å². The number of hydrogen-bond acceptors (Lipinski definition) is 5. The van der Waals surface area contributed by atoms with Gasteiger partial charge in [-0.3, -0.25) is 9.97 Å². The zero-order chi connectivity index (χ0) is 26.6. The molecule has 0 atom stereocenters. The first-order valence-corrected chi connectivity index (χ1v) is 13.8. The molecule has 0 aliphatic carbocycles. The van der Waals surface area contributed by atoms with Crippen molar-refractivity contribution in [1.82, 2.24) is 20.3 Å². The van der Waals surface area contributed by atoms with Crippen LogP contribution in [0.2, 0.25) is 5.02 Å². The van der Waals surface area contributed by atoms with E-state index < -0.39 is 0 Å².